The number of amides is 1. The third-order valence-electron chi connectivity index (χ3n) is 5.45. The first-order chi connectivity index (χ1) is 15.2. The Hall–Kier alpha value is -2.26. The summed E-state index contributed by atoms with van der Waals surface area (Å²) in [5.41, 5.74) is 2.02. The topological polar surface area (TPSA) is 79.4 Å². The second-order valence-corrected chi connectivity index (χ2v) is 11.5. The van der Waals surface area contributed by atoms with Crippen LogP contribution in [-0.2, 0) is 10.0 Å². The molecule has 1 amide bonds. The van der Waals surface area contributed by atoms with Gasteiger partial charge in [0.2, 0.25) is 10.0 Å². The fourth-order valence-electron chi connectivity index (χ4n) is 3.98. The van der Waals surface area contributed by atoms with Crippen LogP contribution in [0.5, 0.6) is 0 Å². The van der Waals surface area contributed by atoms with Gasteiger partial charge in [-0.05, 0) is 54.7 Å². The molecule has 0 saturated carbocycles. The number of halogens is 1. The minimum absolute atomic E-state index is 0.203. The van der Waals surface area contributed by atoms with Crippen LogP contribution in [0.3, 0.4) is 0 Å². The van der Waals surface area contributed by atoms with Crippen LogP contribution >= 0.6 is 22.9 Å². The average molecular weight is 490 g/mol. The van der Waals surface area contributed by atoms with Gasteiger partial charge in [-0.1, -0.05) is 37.6 Å². The molecular weight excluding hydrogens is 466 g/mol. The number of hydrogen-bond donors (Lipinski definition) is 1. The number of carbonyl (C=O) groups excluding carboxylic acids is 1. The van der Waals surface area contributed by atoms with Crippen LogP contribution in [0.2, 0.25) is 5.02 Å². The Labute approximate surface area is 197 Å². The van der Waals surface area contributed by atoms with Crippen LogP contribution in [0.25, 0.3) is 11.3 Å². The van der Waals surface area contributed by atoms with Gasteiger partial charge in [0, 0.05) is 34.6 Å². The molecular formula is C23H24ClN3O3S2. The molecule has 1 N–H and O–H groups in total. The number of carbonyl (C=O) groups is 1. The summed E-state index contributed by atoms with van der Waals surface area (Å²) in [5, 5.41) is 5.74. The highest BCUT2D eigenvalue weighted by Crippen LogP contribution is 2.28. The molecule has 2 heterocycles. The third-order valence-corrected chi connectivity index (χ3v) is 8.31. The molecule has 1 fully saturated rings. The van der Waals surface area contributed by atoms with Gasteiger partial charge in [-0.2, -0.15) is 4.31 Å². The van der Waals surface area contributed by atoms with E-state index in [4.69, 9.17) is 11.6 Å². The van der Waals surface area contributed by atoms with E-state index in [1.54, 1.807) is 16.4 Å². The largest absolute Gasteiger partial charge is 0.298 e. The summed E-state index contributed by atoms with van der Waals surface area (Å²) in [5.74, 6) is 0.315. The molecule has 2 unspecified atom stereocenters. The first-order valence-electron chi connectivity index (χ1n) is 10.4. The summed E-state index contributed by atoms with van der Waals surface area (Å²) in [4.78, 5) is 17.3. The summed E-state index contributed by atoms with van der Waals surface area (Å²) >= 11 is 7.24. The summed E-state index contributed by atoms with van der Waals surface area (Å²) in [6.45, 7) is 5.19. The fourth-order valence-corrected chi connectivity index (χ4v) is 6.50. The van der Waals surface area contributed by atoms with E-state index in [-0.39, 0.29) is 10.8 Å². The Balaban J connectivity index is 1.45. The molecule has 9 heteroatoms. The lowest BCUT2D eigenvalue weighted by atomic mass is 9.94. The standard InChI is InChI=1S/C23H24ClN3O3S2/c1-15-11-16(2)13-27(12-15)32(29,30)20-9-5-18(6-10-20)22(28)26-23-25-21(14-31-23)17-3-7-19(24)8-4-17/h3-10,14-16H,11-13H2,1-2H3,(H,25,26,28). The number of sulfonamides is 1. The van der Waals surface area contributed by atoms with Crippen molar-refractivity contribution in [2.24, 2.45) is 11.8 Å². The van der Waals surface area contributed by atoms with Crippen LogP contribution in [0.4, 0.5) is 5.13 Å². The number of piperidine rings is 1. The molecule has 1 aliphatic rings. The lowest BCUT2D eigenvalue weighted by Gasteiger charge is -2.34. The number of nitrogens with zero attached hydrogens (tertiary/aromatic N) is 2. The van der Waals surface area contributed by atoms with E-state index < -0.39 is 10.0 Å². The molecule has 0 aliphatic carbocycles. The van der Waals surface area contributed by atoms with Gasteiger partial charge < -0.3 is 0 Å². The second-order valence-electron chi connectivity index (χ2n) is 8.29. The molecule has 4 rings (SSSR count). The van der Waals surface area contributed by atoms with Gasteiger partial charge >= 0.3 is 0 Å². The fraction of sp³-hybridized carbons (Fsp3) is 0.304. The number of aromatic nitrogens is 1. The first kappa shape index (κ1) is 22.9. The molecule has 2 atom stereocenters. The minimum atomic E-state index is -3.58. The van der Waals surface area contributed by atoms with E-state index in [9.17, 15) is 13.2 Å². The van der Waals surface area contributed by atoms with Crippen LogP contribution < -0.4 is 5.32 Å². The predicted molar refractivity (Wildman–Crippen MR) is 129 cm³/mol. The van der Waals surface area contributed by atoms with E-state index in [1.165, 1.54) is 35.6 Å². The highest BCUT2D eigenvalue weighted by atomic mass is 35.5. The molecule has 0 bridgehead atoms. The number of rotatable bonds is 5. The van der Waals surface area contributed by atoms with Crippen molar-refractivity contribution in [1.82, 2.24) is 9.29 Å². The maximum absolute atomic E-state index is 13.0. The molecule has 1 saturated heterocycles. The van der Waals surface area contributed by atoms with Crippen molar-refractivity contribution >= 4 is 44.0 Å². The quantitative estimate of drug-likeness (QED) is 0.521. The van der Waals surface area contributed by atoms with Gasteiger partial charge in [-0.25, -0.2) is 13.4 Å². The first-order valence-corrected chi connectivity index (χ1v) is 13.0. The van der Waals surface area contributed by atoms with Crippen LogP contribution in [-0.4, -0.2) is 36.7 Å². The number of benzene rings is 2. The van der Waals surface area contributed by atoms with Crippen molar-refractivity contribution in [3.63, 3.8) is 0 Å². The molecule has 1 aliphatic heterocycles. The van der Waals surface area contributed by atoms with E-state index in [1.807, 2.05) is 17.5 Å². The third kappa shape index (κ3) is 5.04. The zero-order valence-electron chi connectivity index (χ0n) is 17.8. The lowest BCUT2D eigenvalue weighted by molar-refractivity contribution is 0.102. The Morgan fingerprint density at radius 1 is 1.06 bits per heavy atom. The van der Waals surface area contributed by atoms with Crippen molar-refractivity contribution < 1.29 is 13.2 Å². The van der Waals surface area contributed by atoms with Crippen molar-refractivity contribution in [1.29, 1.82) is 0 Å². The van der Waals surface area contributed by atoms with Crippen molar-refractivity contribution in [3.05, 3.63) is 64.5 Å². The van der Waals surface area contributed by atoms with Gasteiger partial charge in [0.15, 0.2) is 5.13 Å². The Morgan fingerprint density at radius 2 is 1.69 bits per heavy atom. The van der Waals surface area contributed by atoms with Gasteiger partial charge in [0.25, 0.3) is 5.91 Å². The monoisotopic (exact) mass is 489 g/mol. The van der Waals surface area contributed by atoms with Crippen LogP contribution in [0.1, 0.15) is 30.6 Å². The van der Waals surface area contributed by atoms with Gasteiger partial charge in [-0.3, -0.25) is 10.1 Å². The maximum atomic E-state index is 13.0. The van der Waals surface area contributed by atoms with Gasteiger partial charge in [-0.15, -0.1) is 11.3 Å². The zero-order chi connectivity index (χ0) is 22.9. The summed E-state index contributed by atoms with van der Waals surface area (Å²) in [6.07, 6.45) is 1.03. The van der Waals surface area contributed by atoms with E-state index in [2.05, 4.69) is 24.1 Å². The highest BCUT2D eigenvalue weighted by Gasteiger charge is 2.31. The Morgan fingerprint density at radius 3 is 2.31 bits per heavy atom. The van der Waals surface area contributed by atoms with Crippen LogP contribution in [0.15, 0.2) is 58.8 Å². The molecule has 2 aromatic carbocycles. The summed E-state index contributed by atoms with van der Waals surface area (Å²) < 4.78 is 27.6. The normalized spacial score (nSPS) is 19.6. The molecule has 0 spiro atoms. The Bertz CT molecular complexity index is 1200. The molecule has 6 nitrogen and oxygen atoms in total. The number of anilines is 1. The van der Waals surface area contributed by atoms with Gasteiger partial charge in [0.1, 0.15) is 0 Å². The van der Waals surface area contributed by atoms with Crippen molar-refractivity contribution in [2.45, 2.75) is 25.2 Å². The zero-order valence-corrected chi connectivity index (χ0v) is 20.2. The summed E-state index contributed by atoms with van der Waals surface area (Å²) in [6, 6.07) is 13.4. The molecule has 168 valence electrons. The number of nitrogens with one attached hydrogen (secondary N) is 1. The smallest absolute Gasteiger partial charge is 0.257 e. The number of thiazole rings is 1. The SMILES string of the molecule is CC1CC(C)CN(S(=O)(=O)c2ccc(C(=O)Nc3nc(-c4ccc(Cl)cc4)cs3)cc2)C1. The molecule has 1 aromatic heterocycles. The van der Waals surface area contributed by atoms with Crippen LogP contribution in [0, 0.1) is 11.8 Å². The van der Waals surface area contributed by atoms with Crippen molar-refractivity contribution in [2.75, 3.05) is 18.4 Å². The van der Waals surface area contributed by atoms with E-state index in [0.717, 1.165) is 17.7 Å². The predicted octanol–water partition coefficient (Wildman–Crippen LogP) is 5.38. The number of hydrogen-bond acceptors (Lipinski definition) is 5. The van der Waals surface area contributed by atoms with Gasteiger partial charge in [0.05, 0.1) is 10.6 Å². The summed E-state index contributed by atoms with van der Waals surface area (Å²) in [7, 11) is -3.58. The second kappa shape index (κ2) is 9.31. The molecule has 32 heavy (non-hydrogen) atoms. The lowest BCUT2D eigenvalue weighted by Crippen LogP contribution is -2.42. The van der Waals surface area contributed by atoms with Crippen molar-refractivity contribution in [3.8, 4) is 11.3 Å². The molecule has 3 aromatic rings. The minimum Gasteiger partial charge on any atom is -0.298 e. The van der Waals surface area contributed by atoms with E-state index in [0.29, 0.717) is 40.6 Å². The maximum Gasteiger partial charge on any atom is 0.257 e. The highest BCUT2D eigenvalue weighted by molar-refractivity contribution is 7.89. The average Bonchev–Trinajstić information content (AvgIpc) is 3.22. The molecule has 0 radical (unpaired) electrons. The Kier molecular flexibility index (Phi) is 6.67. The van der Waals surface area contributed by atoms with E-state index >= 15 is 0 Å².